The Morgan fingerprint density at radius 1 is 1.32 bits per heavy atom. The number of carbonyl (C=O) groups excluding carboxylic acids is 2. The normalized spacial score (nSPS) is 16.1. The van der Waals surface area contributed by atoms with Gasteiger partial charge in [0, 0.05) is 23.2 Å². The number of halogens is 2. The van der Waals surface area contributed by atoms with E-state index in [-0.39, 0.29) is 30.3 Å². The van der Waals surface area contributed by atoms with Crippen LogP contribution in [0.5, 0.6) is 0 Å². The SMILES string of the molecule is CC(NC(=O)c1ccc(Cl)cc1)C(=O)NCC(N)C1CC1.Cl. The average Bonchev–Trinajstić information content (AvgIpc) is 3.29. The number of benzene rings is 1. The number of nitrogens with one attached hydrogen (secondary N) is 2. The van der Waals surface area contributed by atoms with Crippen molar-refractivity contribution < 1.29 is 9.59 Å². The van der Waals surface area contributed by atoms with Crippen molar-refractivity contribution in [1.82, 2.24) is 10.6 Å². The molecule has 7 heteroatoms. The van der Waals surface area contributed by atoms with Gasteiger partial charge in [-0.3, -0.25) is 9.59 Å². The molecule has 0 spiro atoms. The Morgan fingerprint density at radius 3 is 2.45 bits per heavy atom. The molecule has 0 aliphatic heterocycles. The highest BCUT2D eigenvalue weighted by Gasteiger charge is 2.29. The molecule has 0 heterocycles. The van der Waals surface area contributed by atoms with Gasteiger partial charge >= 0.3 is 0 Å². The van der Waals surface area contributed by atoms with E-state index in [1.54, 1.807) is 31.2 Å². The Bertz CT molecular complexity index is 518. The van der Waals surface area contributed by atoms with Gasteiger partial charge in [0.1, 0.15) is 6.04 Å². The van der Waals surface area contributed by atoms with Crippen LogP contribution in [-0.2, 0) is 4.79 Å². The van der Waals surface area contributed by atoms with Gasteiger partial charge in [0.25, 0.3) is 5.91 Å². The zero-order chi connectivity index (χ0) is 15.4. The summed E-state index contributed by atoms with van der Waals surface area (Å²) in [5.41, 5.74) is 6.39. The summed E-state index contributed by atoms with van der Waals surface area (Å²) in [5.74, 6) is -0.00140. The van der Waals surface area contributed by atoms with Gasteiger partial charge in [-0.05, 0) is 49.9 Å². The van der Waals surface area contributed by atoms with Gasteiger partial charge in [0.05, 0.1) is 0 Å². The molecule has 5 nitrogen and oxygen atoms in total. The van der Waals surface area contributed by atoms with Crippen molar-refractivity contribution in [1.29, 1.82) is 0 Å². The predicted molar refractivity (Wildman–Crippen MR) is 89.3 cm³/mol. The lowest BCUT2D eigenvalue weighted by Crippen LogP contribution is -2.48. The van der Waals surface area contributed by atoms with Crippen LogP contribution in [0.15, 0.2) is 24.3 Å². The lowest BCUT2D eigenvalue weighted by molar-refractivity contribution is -0.122. The molecule has 22 heavy (non-hydrogen) atoms. The van der Waals surface area contributed by atoms with Crippen LogP contribution in [0.3, 0.4) is 0 Å². The molecule has 2 rings (SSSR count). The molecule has 1 aromatic carbocycles. The molecule has 0 bridgehead atoms. The highest BCUT2D eigenvalue weighted by molar-refractivity contribution is 6.30. The molecule has 1 saturated carbocycles. The topological polar surface area (TPSA) is 84.2 Å². The molecule has 122 valence electrons. The van der Waals surface area contributed by atoms with Crippen molar-refractivity contribution >= 4 is 35.8 Å². The lowest BCUT2D eigenvalue weighted by atomic mass is 10.2. The Balaban J connectivity index is 0.00000242. The second kappa shape index (κ2) is 8.36. The molecule has 1 fully saturated rings. The first-order valence-corrected chi connectivity index (χ1v) is 7.45. The second-order valence-corrected chi connectivity index (χ2v) is 5.88. The quantitative estimate of drug-likeness (QED) is 0.734. The summed E-state index contributed by atoms with van der Waals surface area (Å²) in [7, 11) is 0. The Labute approximate surface area is 141 Å². The molecule has 2 atom stereocenters. The molecule has 2 unspecified atom stereocenters. The van der Waals surface area contributed by atoms with Gasteiger partial charge in [0.2, 0.25) is 5.91 Å². The standard InChI is InChI=1S/C15H20ClN3O2.ClH/c1-9(14(20)18-8-13(17)10-2-3-10)19-15(21)11-4-6-12(16)7-5-11;/h4-7,9-10,13H,2-3,8,17H2,1H3,(H,18,20)(H,19,21);1H. The monoisotopic (exact) mass is 345 g/mol. The molecule has 4 N–H and O–H groups in total. The zero-order valence-corrected chi connectivity index (χ0v) is 13.9. The van der Waals surface area contributed by atoms with Crippen molar-refractivity contribution in [2.24, 2.45) is 11.7 Å². The summed E-state index contributed by atoms with van der Waals surface area (Å²) in [6, 6.07) is 5.90. The Morgan fingerprint density at radius 2 is 1.91 bits per heavy atom. The smallest absolute Gasteiger partial charge is 0.251 e. The van der Waals surface area contributed by atoms with E-state index in [0.717, 1.165) is 12.8 Å². The van der Waals surface area contributed by atoms with Crippen molar-refractivity contribution in [3.05, 3.63) is 34.9 Å². The minimum Gasteiger partial charge on any atom is -0.353 e. The third-order valence-corrected chi connectivity index (χ3v) is 3.84. The molecule has 0 aromatic heterocycles. The maximum absolute atomic E-state index is 12.0. The third-order valence-electron chi connectivity index (χ3n) is 3.59. The summed E-state index contributed by atoms with van der Waals surface area (Å²) >= 11 is 5.77. The van der Waals surface area contributed by atoms with Gasteiger partial charge in [-0.15, -0.1) is 12.4 Å². The van der Waals surface area contributed by atoms with E-state index in [9.17, 15) is 9.59 Å². The van der Waals surface area contributed by atoms with E-state index < -0.39 is 6.04 Å². The minimum absolute atomic E-state index is 0. The van der Waals surface area contributed by atoms with E-state index >= 15 is 0 Å². The summed E-state index contributed by atoms with van der Waals surface area (Å²) in [6.07, 6.45) is 2.28. The van der Waals surface area contributed by atoms with Crippen molar-refractivity contribution in [2.45, 2.75) is 31.8 Å². The predicted octanol–water partition coefficient (Wildman–Crippen LogP) is 1.73. The number of carbonyl (C=O) groups is 2. The summed E-state index contributed by atoms with van der Waals surface area (Å²) in [4.78, 5) is 23.9. The fourth-order valence-electron chi connectivity index (χ4n) is 2.01. The van der Waals surface area contributed by atoms with Crippen LogP contribution in [0.2, 0.25) is 5.02 Å². The number of rotatable bonds is 6. The molecule has 0 saturated heterocycles. The minimum atomic E-state index is -0.611. The molecule has 2 amide bonds. The lowest BCUT2D eigenvalue weighted by Gasteiger charge is -2.16. The molecular weight excluding hydrogens is 325 g/mol. The van der Waals surface area contributed by atoms with Gasteiger partial charge in [-0.2, -0.15) is 0 Å². The Kier molecular flexibility index (Phi) is 7.13. The van der Waals surface area contributed by atoms with E-state index in [1.165, 1.54) is 0 Å². The van der Waals surface area contributed by atoms with Crippen LogP contribution in [-0.4, -0.2) is 30.4 Å². The molecule has 1 aliphatic rings. The number of amides is 2. The zero-order valence-electron chi connectivity index (χ0n) is 12.3. The van der Waals surface area contributed by atoms with Crippen LogP contribution < -0.4 is 16.4 Å². The van der Waals surface area contributed by atoms with Gasteiger partial charge in [-0.25, -0.2) is 0 Å². The highest BCUT2D eigenvalue weighted by Crippen LogP contribution is 2.31. The maximum atomic E-state index is 12.0. The molecule has 1 aromatic rings. The fourth-order valence-corrected chi connectivity index (χ4v) is 2.14. The van der Waals surface area contributed by atoms with Crippen LogP contribution in [0.25, 0.3) is 0 Å². The summed E-state index contributed by atoms with van der Waals surface area (Å²) in [5, 5.41) is 5.98. The highest BCUT2D eigenvalue weighted by atomic mass is 35.5. The molecule has 0 radical (unpaired) electrons. The summed E-state index contributed by atoms with van der Waals surface area (Å²) < 4.78 is 0. The first-order valence-electron chi connectivity index (χ1n) is 7.07. The van der Waals surface area contributed by atoms with Gasteiger partial charge < -0.3 is 16.4 Å². The van der Waals surface area contributed by atoms with Crippen LogP contribution in [0, 0.1) is 5.92 Å². The van der Waals surface area contributed by atoms with Crippen molar-refractivity contribution in [3.63, 3.8) is 0 Å². The van der Waals surface area contributed by atoms with E-state index in [4.69, 9.17) is 17.3 Å². The second-order valence-electron chi connectivity index (χ2n) is 5.45. The molecule has 1 aliphatic carbocycles. The van der Waals surface area contributed by atoms with Crippen molar-refractivity contribution in [3.8, 4) is 0 Å². The third kappa shape index (κ3) is 5.48. The first kappa shape index (κ1) is 18.7. The Hall–Kier alpha value is -1.30. The van der Waals surface area contributed by atoms with E-state index in [0.29, 0.717) is 23.0 Å². The van der Waals surface area contributed by atoms with Gasteiger partial charge in [0.15, 0.2) is 0 Å². The average molecular weight is 346 g/mol. The number of hydrogen-bond acceptors (Lipinski definition) is 3. The molecular formula is C15H21Cl2N3O2. The van der Waals surface area contributed by atoms with Crippen LogP contribution >= 0.6 is 24.0 Å². The number of nitrogens with two attached hydrogens (primary N) is 1. The van der Waals surface area contributed by atoms with Gasteiger partial charge in [-0.1, -0.05) is 11.6 Å². The van der Waals surface area contributed by atoms with E-state index in [2.05, 4.69) is 10.6 Å². The summed E-state index contributed by atoms with van der Waals surface area (Å²) in [6.45, 7) is 2.09. The first-order chi connectivity index (χ1) is 9.97. The van der Waals surface area contributed by atoms with E-state index in [1.807, 2.05) is 0 Å². The fraction of sp³-hybridized carbons (Fsp3) is 0.467. The maximum Gasteiger partial charge on any atom is 0.251 e. The van der Waals surface area contributed by atoms with Crippen molar-refractivity contribution in [2.75, 3.05) is 6.54 Å². The number of hydrogen-bond donors (Lipinski definition) is 3. The largest absolute Gasteiger partial charge is 0.353 e. The van der Waals surface area contributed by atoms with Crippen LogP contribution in [0.4, 0.5) is 0 Å². The van der Waals surface area contributed by atoms with Crippen LogP contribution in [0.1, 0.15) is 30.1 Å².